The first-order valence-corrected chi connectivity index (χ1v) is 41.1. The highest BCUT2D eigenvalue weighted by Gasteiger charge is 2.40. The van der Waals surface area contributed by atoms with Crippen LogP contribution in [0.4, 0.5) is 0 Å². The van der Waals surface area contributed by atoms with Crippen molar-refractivity contribution in [3.63, 3.8) is 0 Å². The van der Waals surface area contributed by atoms with E-state index in [2.05, 4.69) is 63.8 Å². The minimum Gasteiger partial charge on any atom is -0.508 e. The van der Waals surface area contributed by atoms with Gasteiger partial charge < -0.3 is 112 Å². The van der Waals surface area contributed by atoms with Crippen molar-refractivity contribution in [1.29, 1.82) is 0 Å². The highest BCUT2D eigenvalue weighted by molar-refractivity contribution is 7.98. The first kappa shape index (κ1) is 103. The zero-order chi connectivity index (χ0) is 89.2. The summed E-state index contributed by atoms with van der Waals surface area (Å²) in [5.41, 5.74) is 18.1. The second-order valence-corrected chi connectivity index (χ2v) is 31.8. The number of primary amides is 1. The molecule has 15 atom stereocenters. The minimum absolute atomic E-state index is 0.0167. The molecule has 38 nitrogen and oxygen atoms in total. The Bertz CT molecular complexity index is 3680. The summed E-state index contributed by atoms with van der Waals surface area (Å²) in [5, 5.41) is 89.7. The number of phenolic OH excluding ortho intramolecular Hbond substituents is 2. The first-order chi connectivity index (χ1) is 55.4. The van der Waals surface area contributed by atoms with Gasteiger partial charge in [0.15, 0.2) is 0 Å². The second-order valence-electron chi connectivity index (χ2n) is 30.8. The van der Waals surface area contributed by atoms with Crippen LogP contribution in [0.5, 0.6) is 11.5 Å². The molecule has 0 fully saturated rings. The molecular formula is C79H125N15O23S. The van der Waals surface area contributed by atoms with Gasteiger partial charge in [0.05, 0.1) is 6.04 Å². The Morgan fingerprint density at radius 2 is 0.644 bits per heavy atom. The van der Waals surface area contributed by atoms with Gasteiger partial charge in [0.1, 0.15) is 84.0 Å². The molecular weight excluding hydrogens is 1560 g/mol. The van der Waals surface area contributed by atoms with Crippen LogP contribution < -0.4 is 81.0 Å². The highest BCUT2D eigenvalue weighted by Crippen LogP contribution is 2.20. The molecule has 0 aliphatic heterocycles. The topological polar surface area (TPSA) is 634 Å². The van der Waals surface area contributed by atoms with Gasteiger partial charge in [0.25, 0.3) is 0 Å². The van der Waals surface area contributed by atoms with E-state index < -0.39 is 236 Å². The molecule has 39 heteroatoms. The van der Waals surface area contributed by atoms with Crippen LogP contribution in [-0.2, 0) is 94.3 Å². The highest BCUT2D eigenvalue weighted by atomic mass is 32.2. The standard InChI is InChI=1S/C79H125N15O23S/c1-12-44(9)65(93-71(108)51(25-29-61(82)97)83-67(104)50(81)39-46-17-21-48(95)22-18-46)77(114)87-54(28-32-64(102)103)68(105)84-52(26-30-62(98)99)69(106)89-57(36-41(3)4)74(111)86-55(33-35-118-11)72(109)94-66(45(10)13-2)78(115)92-59(38-43(7)8)75(112)90-58(37-42(5)6)73(110)85-53(27-31-63(100)101)70(107)91-60(40-47-19-23-49(96)24-20-47)76(113)88-56(79(116)117)16-14-15-34-80/h17-24,41-45,50-60,65-66,95-96H,12-16,25-40,80-81H2,1-11H3,(H2,82,97)(H,83,104)(H,84,105)(H,85,110)(H,86,111)(H,87,114)(H,88,113)(H,89,106)(H,90,112)(H,91,107)(H,92,115)(H,93,108)(H,94,109)(H,98,99)(H,100,101)(H,102,103)(H,116,117)/t44-,45-,50-,51-,52-,53-,54-,55-,56-,57-,58-,59-,60-,65-,66-/m0/s1. The lowest BCUT2D eigenvalue weighted by Gasteiger charge is -2.31. The maximum absolute atomic E-state index is 14.8. The Labute approximate surface area is 691 Å². The second kappa shape index (κ2) is 53.6. The van der Waals surface area contributed by atoms with Gasteiger partial charge in [-0.25, -0.2) is 4.79 Å². The predicted octanol–water partition coefficient (Wildman–Crippen LogP) is 0.0850. The van der Waals surface area contributed by atoms with Crippen LogP contribution in [0.1, 0.15) is 190 Å². The predicted molar refractivity (Wildman–Crippen MR) is 435 cm³/mol. The van der Waals surface area contributed by atoms with Gasteiger partial charge in [-0.05, 0) is 161 Å². The number of aromatic hydroxyl groups is 2. The smallest absolute Gasteiger partial charge is 0.326 e. The van der Waals surface area contributed by atoms with Crippen LogP contribution in [0.3, 0.4) is 0 Å². The molecule has 0 aliphatic carbocycles. The molecule has 24 N–H and O–H groups in total. The molecule has 0 saturated heterocycles. The summed E-state index contributed by atoms with van der Waals surface area (Å²) in [5.74, 6) is -20.6. The number of rotatable bonds is 58. The van der Waals surface area contributed by atoms with Crippen LogP contribution in [-0.4, -0.2) is 228 Å². The number of nitrogens with two attached hydrogens (primary N) is 3. The fraction of sp³-hybridized carbons (Fsp3) is 0.633. The van der Waals surface area contributed by atoms with E-state index in [4.69, 9.17) is 17.2 Å². The number of hydrogen-bond donors (Lipinski definition) is 21. The number of carboxylic acids is 4. The van der Waals surface area contributed by atoms with Crippen LogP contribution in [0.15, 0.2) is 48.5 Å². The monoisotopic (exact) mass is 1680 g/mol. The Morgan fingerprint density at radius 1 is 0.356 bits per heavy atom. The molecule has 0 spiro atoms. The molecule has 0 bridgehead atoms. The zero-order valence-electron chi connectivity index (χ0n) is 69.1. The normalized spacial score (nSPS) is 15.1. The van der Waals surface area contributed by atoms with Crippen molar-refractivity contribution < 1.29 is 112 Å². The van der Waals surface area contributed by atoms with Gasteiger partial charge in [-0.15, -0.1) is 0 Å². The number of carbonyl (C=O) groups excluding carboxylic acids is 13. The van der Waals surface area contributed by atoms with Gasteiger partial charge in [-0.2, -0.15) is 11.8 Å². The largest absolute Gasteiger partial charge is 0.508 e. The maximum atomic E-state index is 14.8. The molecule has 2 rings (SSSR count). The molecule has 0 radical (unpaired) electrons. The molecule has 2 aromatic carbocycles. The van der Waals surface area contributed by atoms with Crippen molar-refractivity contribution in [3.8, 4) is 11.5 Å². The molecule has 0 aromatic heterocycles. The van der Waals surface area contributed by atoms with Crippen LogP contribution in [0, 0.1) is 29.6 Å². The molecule has 660 valence electrons. The van der Waals surface area contributed by atoms with Gasteiger partial charge in [-0.1, -0.05) is 106 Å². The Balaban J connectivity index is 2.55. The van der Waals surface area contributed by atoms with E-state index in [0.717, 1.165) is 0 Å². The summed E-state index contributed by atoms with van der Waals surface area (Å²) in [4.78, 5) is 233. The quantitative estimate of drug-likeness (QED) is 0.0390. The lowest BCUT2D eigenvalue weighted by molar-refractivity contribution is -0.142. The van der Waals surface area contributed by atoms with E-state index in [1.807, 2.05) is 0 Å². The Kier molecular flexibility index (Phi) is 46.9. The van der Waals surface area contributed by atoms with Crippen molar-refractivity contribution in [2.75, 3.05) is 18.6 Å². The SMILES string of the molecule is CC[C@H](C)[C@H](NC(=O)[C@H](CCSC)NC(=O)[C@H](CC(C)C)NC(=O)[C@H](CCC(=O)O)NC(=O)[C@H](CCC(=O)O)NC(=O)[C@@H](NC(=O)[C@H](CCC(N)=O)NC(=O)[C@@H](N)Cc1ccc(O)cc1)[C@@H](C)CC)C(=O)N[C@@H](CC(C)C)C(=O)N[C@@H](CC(C)C)C(=O)N[C@@H](CCC(=O)O)C(=O)N[C@@H](Cc1ccc(O)cc1)C(=O)N[C@@H](CCCCN)C(=O)O. The summed E-state index contributed by atoms with van der Waals surface area (Å²) >= 11 is 1.29. The Morgan fingerprint density at radius 3 is 0.975 bits per heavy atom. The first-order valence-electron chi connectivity index (χ1n) is 39.8. The summed E-state index contributed by atoms with van der Waals surface area (Å²) in [6.07, 6.45) is -2.51. The van der Waals surface area contributed by atoms with Crippen molar-refractivity contribution in [3.05, 3.63) is 59.7 Å². The minimum atomic E-state index is -1.81. The average Bonchev–Trinajstić information content (AvgIpc) is 0.864. The van der Waals surface area contributed by atoms with Crippen LogP contribution in [0.2, 0.25) is 0 Å². The fourth-order valence-electron chi connectivity index (χ4n) is 12.2. The van der Waals surface area contributed by atoms with E-state index in [-0.39, 0.29) is 106 Å². The molecule has 2 aromatic rings. The third kappa shape index (κ3) is 39.5. The summed E-state index contributed by atoms with van der Waals surface area (Å²) < 4.78 is 0. The average molecular weight is 1690 g/mol. The van der Waals surface area contributed by atoms with Gasteiger partial charge in [0, 0.05) is 32.1 Å². The lowest BCUT2D eigenvalue weighted by Crippen LogP contribution is -2.62. The number of carboxylic acid groups (broad SMARTS) is 4. The van der Waals surface area contributed by atoms with Gasteiger partial charge in [-0.3, -0.25) is 76.7 Å². The van der Waals surface area contributed by atoms with Crippen molar-refractivity contribution in [2.24, 2.45) is 46.8 Å². The number of aliphatic carboxylic acids is 4. The number of thioether (sulfide) groups is 1. The number of hydrogen-bond acceptors (Lipinski definition) is 22. The zero-order valence-corrected chi connectivity index (χ0v) is 69.9. The molecule has 0 aliphatic rings. The molecule has 0 saturated carbocycles. The van der Waals surface area contributed by atoms with Crippen molar-refractivity contribution in [1.82, 2.24) is 63.8 Å². The molecule has 118 heavy (non-hydrogen) atoms. The lowest BCUT2D eigenvalue weighted by atomic mass is 9.95. The van der Waals surface area contributed by atoms with E-state index in [1.54, 1.807) is 75.5 Å². The van der Waals surface area contributed by atoms with Gasteiger partial charge >= 0.3 is 23.9 Å². The third-order valence-corrected chi connectivity index (χ3v) is 19.9. The van der Waals surface area contributed by atoms with Gasteiger partial charge in [0.2, 0.25) is 76.8 Å². The molecule has 0 unspecified atom stereocenters. The number of benzene rings is 2. The maximum Gasteiger partial charge on any atom is 0.326 e. The number of carbonyl (C=O) groups is 17. The number of amides is 13. The third-order valence-electron chi connectivity index (χ3n) is 19.3. The number of unbranched alkanes of at least 4 members (excludes halogenated alkanes) is 1. The number of phenols is 2. The number of nitrogens with one attached hydrogen (secondary N) is 12. The summed E-state index contributed by atoms with van der Waals surface area (Å²) in [6.45, 7) is 17.1. The molecule has 13 amide bonds. The van der Waals surface area contributed by atoms with E-state index in [0.29, 0.717) is 24.0 Å². The van der Waals surface area contributed by atoms with Crippen molar-refractivity contribution in [2.45, 2.75) is 270 Å². The van der Waals surface area contributed by atoms with E-state index >= 15 is 0 Å². The summed E-state index contributed by atoms with van der Waals surface area (Å²) in [7, 11) is 0. The molecule has 0 heterocycles. The Hall–Kier alpha value is -10.7. The van der Waals surface area contributed by atoms with Crippen molar-refractivity contribution >= 4 is 112 Å². The van der Waals surface area contributed by atoms with Crippen LogP contribution in [0.25, 0.3) is 0 Å². The summed E-state index contributed by atoms with van der Waals surface area (Å²) in [6, 6.07) is -8.44. The van der Waals surface area contributed by atoms with E-state index in [9.17, 15) is 112 Å². The van der Waals surface area contributed by atoms with E-state index in [1.165, 1.54) is 60.3 Å². The van der Waals surface area contributed by atoms with Crippen LogP contribution >= 0.6 is 11.8 Å². The fourth-order valence-corrected chi connectivity index (χ4v) is 12.7.